The Morgan fingerprint density at radius 1 is 1.12 bits per heavy atom. The van der Waals surface area contributed by atoms with Gasteiger partial charge in [-0.15, -0.1) is 0 Å². The molecule has 2 rings (SSSR count). The summed E-state index contributed by atoms with van der Waals surface area (Å²) in [4.78, 5) is 11.9. The Morgan fingerprint density at radius 3 is 2.65 bits per heavy atom. The molecule has 0 aromatic heterocycles. The average molecular weight is 228 g/mol. The van der Waals surface area contributed by atoms with Crippen LogP contribution in [0.15, 0.2) is 42.0 Å². The van der Waals surface area contributed by atoms with E-state index in [2.05, 4.69) is 30.3 Å². The van der Waals surface area contributed by atoms with Gasteiger partial charge in [0.1, 0.15) is 0 Å². The van der Waals surface area contributed by atoms with Crippen molar-refractivity contribution in [2.45, 2.75) is 44.9 Å². The first-order valence-electron chi connectivity index (χ1n) is 6.62. The molecule has 1 aromatic rings. The van der Waals surface area contributed by atoms with E-state index in [0.29, 0.717) is 12.2 Å². The monoisotopic (exact) mass is 228 g/mol. The summed E-state index contributed by atoms with van der Waals surface area (Å²) in [6, 6.07) is 10.4. The van der Waals surface area contributed by atoms with E-state index in [9.17, 15) is 4.79 Å². The number of carbonyl (C=O) groups is 1. The summed E-state index contributed by atoms with van der Waals surface area (Å²) >= 11 is 0. The molecule has 0 bridgehead atoms. The van der Waals surface area contributed by atoms with Crippen molar-refractivity contribution >= 4 is 5.78 Å². The molecule has 0 fully saturated rings. The zero-order valence-corrected chi connectivity index (χ0v) is 10.3. The Hall–Kier alpha value is -1.37. The number of Topliss-reactive ketones (excluding diaryl/α,β-unsaturated/α-hetero) is 1. The Bertz CT molecular complexity index is 389. The molecule has 0 amide bonds. The summed E-state index contributed by atoms with van der Waals surface area (Å²) in [5.74, 6) is 0.376. The van der Waals surface area contributed by atoms with Gasteiger partial charge in [-0.3, -0.25) is 4.79 Å². The van der Waals surface area contributed by atoms with E-state index >= 15 is 0 Å². The molecular formula is C16H20O. The zero-order chi connectivity index (χ0) is 11.9. The molecular weight excluding hydrogens is 208 g/mol. The van der Waals surface area contributed by atoms with Crippen molar-refractivity contribution in [1.82, 2.24) is 0 Å². The third-order valence-electron chi connectivity index (χ3n) is 3.36. The Morgan fingerprint density at radius 2 is 1.94 bits per heavy atom. The number of aryl methyl sites for hydroxylation is 1. The van der Waals surface area contributed by atoms with E-state index in [1.807, 2.05) is 6.07 Å². The van der Waals surface area contributed by atoms with Crippen molar-refractivity contribution in [3.05, 3.63) is 47.5 Å². The summed E-state index contributed by atoms with van der Waals surface area (Å²) < 4.78 is 0. The molecule has 17 heavy (non-hydrogen) atoms. The first kappa shape index (κ1) is 12.1. The highest BCUT2D eigenvalue weighted by atomic mass is 16.1. The van der Waals surface area contributed by atoms with Gasteiger partial charge in [-0.05, 0) is 49.7 Å². The molecule has 0 atom stereocenters. The quantitative estimate of drug-likeness (QED) is 0.742. The minimum atomic E-state index is 0.376. The van der Waals surface area contributed by atoms with Gasteiger partial charge in [-0.2, -0.15) is 0 Å². The van der Waals surface area contributed by atoms with Crippen LogP contribution in [-0.4, -0.2) is 5.78 Å². The zero-order valence-electron chi connectivity index (χ0n) is 10.3. The van der Waals surface area contributed by atoms with Gasteiger partial charge in [0.05, 0.1) is 0 Å². The minimum Gasteiger partial charge on any atom is -0.295 e. The van der Waals surface area contributed by atoms with E-state index in [1.165, 1.54) is 18.4 Å². The van der Waals surface area contributed by atoms with Crippen molar-refractivity contribution in [1.29, 1.82) is 0 Å². The average Bonchev–Trinajstić information content (AvgIpc) is 2.41. The van der Waals surface area contributed by atoms with Crippen molar-refractivity contribution in [2.24, 2.45) is 0 Å². The predicted molar refractivity (Wildman–Crippen MR) is 70.9 cm³/mol. The van der Waals surface area contributed by atoms with Gasteiger partial charge in [0.2, 0.25) is 0 Å². The number of rotatable bonds is 5. The van der Waals surface area contributed by atoms with Crippen molar-refractivity contribution in [2.75, 3.05) is 0 Å². The molecule has 90 valence electrons. The number of allylic oxidation sites excluding steroid dienone is 2. The smallest absolute Gasteiger partial charge is 0.158 e. The molecule has 0 spiro atoms. The van der Waals surface area contributed by atoms with Gasteiger partial charge in [-0.25, -0.2) is 0 Å². The molecule has 0 saturated heterocycles. The predicted octanol–water partition coefficient (Wildman–Crippen LogP) is 4.08. The lowest BCUT2D eigenvalue weighted by atomic mass is 9.94. The summed E-state index contributed by atoms with van der Waals surface area (Å²) in [7, 11) is 0. The molecule has 0 unspecified atom stereocenters. The maximum absolute atomic E-state index is 11.9. The van der Waals surface area contributed by atoms with Gasteiger partial charge in [0, 0.05) is 6.42 Å². The van der Waals surface area contributed by atoms with Gasteiger partial charge in [-0.1, -0.05) is 36.4 Å². The van der Waals surface area contributed by atoms with Crippen LogP contribution in [0.1, 0.15) is 44.1 Å². The highest BCUT2D eigenvalue weighted by Crippen LogP contribution is 2.20. The summed E-state index contributed by atoms with van der Waals surface area (Å²) in [6.07, 6.45) is 9.39. The third-order valence-corrected chi connectivity index (χ3v) is 3.36. The molecule has 0 radical (unpaired) electrons. The van der Waals surface area contributed by atoms with Crippen LogP contribution in [0, 0.1) is 0 Å². The van der Waals surface area contributed by atoms with Crippen molar-refractivity contribution < 1.29 is 4.79 Å². The number of hydrogen-bond donors (Lipinski definition) is 0. The topological polar surface area (TPSA) is 17.1 Å². The third kappa shape index (κ3) is 3.85. The number of carbonyl (C=O) groups excluding carboxylic acids is 1. The molecule has 1 aliphatic rings. The first-order valence-corrected chi connectivity index (χ1v) is 6.62. The van der Waals surface area contributed by atoms with Crippen LogP contribution in [0.5, 0.6) is 0 Å². The fourth-order valence-corrected chi connectivity index (χ4v) is 2.35. The second-order valence-corrected chi connectivity index (χ2v) is 4.74. The van der Waals surface area contributed by atoms with Gasteiger partial charge in [0.25, 0.3) is 0 Å². The van der Waals surface area contributed by atoms with Crippen LogP contribution >= 0.6 is 0 Å². The standard InChI is InChI=1S/C16H20O/c17-16(15-11-5-2-6-12-15)13-7-10-14-8-3-1-4-9-14/h1,3-4,8-9,11H,2,5-7,10,12-13H2. The summed E-state index contributed by atoms with van der Waals surface area (Å²) in [6.45, 7) is 0. The maximum atomic E-state index is 11.9. The summed E-state index contributed by atoms with van der Waals surface area (Å²) in [5.41, 5.74) is 2.42. The fourth-order valence-electron chi connectivity index (χ4n) is 2.35. The van der Waals surface area contributed by atoms with Crippen LogP contribution in [0.25, 0.3) is 0 Å². The van der Waals surface area contributed by atoms with Crippen molar-refractivity contribution in [3.63, 3.8) is 0 Å². The largest absolute Gasteiger partial charge is 0.295 e. The van der Waals surface area contributed by atoms with Gasteiger partial charge in [0.15, 0.2) is 5.78 Å². The normalized spacial score (nSPS) is 15.4. The van der Waals surface area contributed by atoms with Gasteiger partial charge < -0.3 is 0 Å². The van der Waals surface area contributed by atoms with Crippen LogP contribution in [-0.2, 0) is 11.2 Å². The van der Waals surface area contributed by atoms with Crippen molar-refractivity contribution in [3.8, 4) is 0 Å². The lowest BCUT2D eigenvalue weighted by Crippen LogP contribution is -2.06. The number of hydrogen-bond acceptors (Lipinski definition) is 1. The molecule has 1 heteroatoms. The van der Waals surface area contributed by atoms with E-state index in [0.717, 1.165) is 31.3 Å². The Kier molecular flexibility index (Phi) is 4.54. The molecule has 0 heterocycles. The van der Waals surface area contributed by atoms with E-state index in [-0.39, 0.29) is 0 Å². The maximum Gasteiger partial charge on any atom is 0.158 e. The lowest BCUT2D eigenvalue weighted by Gasteiger charge is -2.11. The molecule has 0 saturated carbocycles. The molecule has 1 aliphatic carbocycles. The Balaban J connectivity index is 1.75. The van der Waals surface area contributed by atoms with Crippen LogP contribution in [0.3, 0.4) is 0 Å². The minimum absolute atomic E-state index is 0.376. The van der Waals surface area contributed by atoms with E-state index < -0.39 is 0 Å². The molecule has 0 N–H and O–H groups in total. The van der Waals surface area contributed by atoms with E-state index in [4.69, 9.17) is 0 Å². The van der Waals surface area contributed by atoms with Gasteiger partial charge >= 0.3 is 0 Å². The van der Waals surface area contributed by atoms with Crippen LogP contribution in [0.4, 0.5) is 0 Å². The van der Waals surface area contributed by atoms with Crippen LogP contribution in [0.2, 0.25) is 0 Å². The SMILES string of the molecule is O=C(CCCc1ccccc1)C1=CCCCC1. The Labute approximate surface area is 104 Å². The molecule has 0 aliphatic heterocycles. The van der Waals surface area contributed by atoms with Crippen LogP contribution < -0.4 is 0 Å². The molecule has 1 nitrogen and oxygen atoms in total. The second-order valence-electron chi connectivity index (χ2n) is 4.74. The fraction of sp³-hybridized carbons (Fsp3) is 0.438. The highest BCUT2D eigenvalue weighted by molar-refractivity contribution is 5.95. The highest BCUT2D eigenvalue weighted by Gasteiger charge is 2.11. The lowest BCUT2D eigenvalue weighted by molar-refractivity contribution is -0.115. The second kappa shape index (κ2) is 6.39. The van der Waals surface area contributed by atoms with E-state index in [1.54, 1.807) is 0 Å². The molecule has 1 aromatic carbocycles. The number of benzene rings is 1. The first-order chi connectivity index (χ1) is 8.36. The summed E-state index contributed by atoms with van der Waals surface area (Å²) in [5, 5.41) is 0. The number of ketones is 1.